The van der Waals surface area contributed by atoms with Gasteiger partial charge in [-0.2, -0.15) is 4.98 Å². The van der Waals surface area contributed by atoms with Crippen LogP contribution in [0, 0.1) is 0 Å². The van der Waals surface area contributed by atoms with Crippen LogP contribution >= 0.6 is 0 Å². The summed E-state index contributed by atoms with van der Waals surface area (Å²) in [6, 6.07) is 0.705. The van der Waals surface area contributed by atoms with Crippen LogP contribution in [-0.4, -0.2) is 32.7 Å². The molecule has 5 nitrogen and oxygen atoms in total. The van der Waals surface area contributed by atoms with Gasteiger partial charge in [0.15, 0.2) is 5.82 Å². The van der Waals surface area contributed by atoms with E-state index in [1.807, 2.05) is 0 Å². The Hall–Kier alpha value is -0.940. The Labute approximate surface area is 95.4 Å². The van der Waals surface area contributed by atoms with Crippen molar-refractivity contribution in [3.05, 3.63) is 11.7 Å². The molecule has 16 heavy (non-hydrogen) atoms. The topological polar surface area (TPSA) is 62.4 Å². The zero-order chi connectivity index (χ0) is 11.5. The number of nitrogens with zero attached hydrogens (tertiary/aromatic N) is 3. The second-order valence-electron chi connectivity index (χ2n) is 4.55. The lowest BCUT2D eigenvalue weighted by molar-refractivity contribution is 0.0874. The molecule has 0 saturated carbocycles. The molecule has 1 fully saturated rings. The van der Waals surface area contributed by atoms with E-state index in [1.54, 1.807) is 0 Å². The second kappa shape index (κ2) is 4.93. The van der Waals surface area contributed by atoms with E-state index in [-0.39, 0.29) is 12.6 Å². The molecule has 1 aromatic heterocycles. The zero-order valence-electron chi connectivity index (χ0n) is 9.89. The molecule has 5 heteroatoms. The highest BCUT2D eigenvalue weighted by molar-refractivity contribution is 4.95. The summed E-state index contributed by atoms with van der Waals surface area (Å²) in [5.41, 5.74) is 0. The first kappa shape index (κ1) is 11.5. The van der Waals surface area contributed by atoms with Crippen molar-refractivity contribution >= 4 is 0 Å². The van der Waals surface area contributed by atoms with E-state index >= 15 is 0 Å². The van der Waals surface area contributed by atoms with Crippen molar-refractivity contribution in [1.29, 1.82) is 0 Å². The molecule has 0 aliphatic carbocycles. The first-order valence-corrected chi connectivity index (χ1v) is 5.91. The summed E-state index contributed by atoms with van der Waals surface area (Å²) in [5.74, 6) is 1.03. The number of likely N-dealkylation sites (tertiary alicyclic amines) is 1. The van der Waals surface area contributed by atoms with Gasteiger partial charge in [-0.3, -0.25) is 4.90 Å². The molecule has 0 bridgehead atoms. The molecule has 2 rings (SSSR count). The Morgan fingerprint density at radius 3 is 2.94 bits per heavy atom. The number of hydrogen-bond acceptors (Lipinski definition) is 5. The quantitative estimate of drug-likeness (QED) is 0.844. The average molecular weight is 225 g/mol. The third-order valence-corrected chi connectivity index (χ3v) is 3.12. The minimum Gasteiger partial charge on any atom is -0.388 e. The van der Waals surface area contributed by atoms with Gasteiger partial charge in [0, 0.05) is 6.04 Å². The Bertz CT molecular complexity index is 338. The molecule has 0 radical (unpaired) electrons. The highest BCUT2D eigenvalue weighted by Crippen LogP contribution is 2.31. The van der Waals surface area contributed by atoms with Gasteiger partial charge in [0.2, 0.25) is 5.89 Å². The van der Waals surface area contributed by atoms with Crippen molar-refractivity contribution in [2.45, 2.75) is 51.8 Å². The molecule has 1 unspecified atom stereocenters. The molecule has 2 heterocycles. The largest absolute Gasteiger partial charge is 0.388 e. The van der Waals surface area contributed by atoms with Crippen LogP contribution in [0.2, 0.25) is 0 Å². The van der Waals surface area contributed by atoms with Crippen LogP contribution in [0.3, 0.4) is 0 Å². The van der Waals surface area contributed by atoms with Gasteiger partial charge in [-0.25, -0.2) is 0 Å². The molecule has 0 spiro atoms. The molecule has 1 atom stereocenters. The van der Waals surface area contributed by atoms with E-state index < -0.39 is 0 Å². The average Bonchev–Trinajstić information content (AvgIpc) is 2.77. The first-order chi connectivity index (χ1) is 7.72. The zero-order valence-corrected chi connectivity index (χ0v) is 9.89. The van der Waals surface area contributed by atoms with E-state index in [0.29, 0.717) is 17.8 Å². The predicted molar refractivity (Wildman–Crippen MR) is 58.7 cm³/mol. The molecule has 0 aromatic carbocycles. The fourth-order valence-corrected chi connectivity index (χ4v) is 2.30. The van der Waals surface area contributed by atoms with Crippen molar-refractivity contribution in [2.75, 3.05) is 6.54 Å². The van der Waals surface area contributed by atoms with Gasteiger partial charge in [-0.1, -0.05) is 11.6 Å². The molecule has 1 aliphatic rings. The summed E-state index contributed by atoms with van der Waals surface area (Å²) < 4.78 is 5.21. The van der Waals surface area contributed by atoms with Crippen LogP contribution in [0.1, 0.15) is 50.9 Å². The van der Waals surface area contributed by atoms with E-state index in [9.17, 15) is 0 Å². The third-order valence-electron chi connectivity index (χ3n) is 3.12. The molecular formula is C11H19N3O2. The van der Waals surface area contributed by atoms with Gasteiger partial charge < -0.3 is 9.63 Å². The van der Waals surface area contributed by atoms with Crippen LogP contribution in [0.4, 0.5) is 0 Å². The lowest BCUT2D eigenvalue weighted by atomic mass is 10.0. The van der Waals surface area contributed by atoms with Crippen LogP contribution in [-0.2, 0) is 6.61 Å². The van der Waals surface area contributed by atoms with Crippen LogP contribution in [0.5, 0.6) is 0 Å². The highest BCUT2D eigenvalue weighted by Gasteiger charge is 2.30. The summed E-state index contributed by atoms with van der Waals surface area (Å²) in [6.07, 6.45) is 3.49. The highest BCUT2D eigenvalue weighted by atomic mass is 16.5. The minimum atomic E-state index is -0.155. The van der Waals surface area contributed by atoms with Gasteiger partial charge in [-0.05, 0) is 33.2 Å². The molecule has 1 aliphatic heterocycles. The standard InChI is InChI=1S/C11H19N3O2/c1-8(2)14-6-4-3-5-9(14)11-12-10(7-15)13-16-11/h8-9,15H,3-7H2,1-2H3. The van der Waals surface area contributed by atoms with Gasteiger partial charge in [-0.15, -0.1) is 0 Å². The molecule has 1 saturated heterocycles. The van der Waals surface area contributed by atoms with Gasteiger partial charge in [0.05, 0.1) is 6.04 Å². The van der Waals surface area contributed by atoms with Crippen molar-refractivity contribution in [3.63, 3.8) is 0 Å². The van der Waals surface area contributed by atoms with Crippen LogP contribution in [0.15, 0.2) is 4.52 Å². The van der Waals surface area contributed by atoms with Crippen molar-refractivity contribution < 1.29 is 9.63 Å². The number of aliphatic hydroxyl groups is 1. The maximum absolute atomic E-state index is 8.93. The van der Waals surface area contributed by atoms with Gasteiger partial charge in [0.1, 0.15) is 6.61 Å². The Kier molecular flexibility index (Phi) is 3.56. The molecule has 0 amide bonds. The summed E-state index contributed by atoms with van der Waals surface area (Å²) in [7, 11) is 0. The Balaban J connectivity index is 2.16. The minimum absolute atomic E-state index is 0.155. The lowest BCUT2D eigenvalue weighted by Gasteiger charge is -2.36. The summed E-state index contributed by atoms with van der Waals surface area (Å²) in [5, 5.41) is 12.7. The lowest BCUT2D eigenvalue weighted by Crippen LogP contribution is -2.38. The maximum atomic E-state index is 8.93. The van der Waals surface area contributed by atoms with Crippen LogP contribution < -0.4 is 0 Å². The number of aromatic nitrogens is 2. The van der Waals surface area contributed by atoms with Crippen molar-refractivity contribution in [1.82, 2.24) is 15.0 Å². The van der Waals surface area contributed by atoms with E-state index in [0.717, 1.165) is 13.0 Å². The normalized spacial score (nSPS) is 22.9. The number of piperidine rings is 1. The number of rotatable bonds is 3. The fourth-order valence-electron chi connectivity index (χ4n) is 2.30. The van der Waals surface area contributed by atoms with Crippen LogP contribution in [0.25, 0.3) is 0 Å². The molecular weight excluding hydrogens is 206 g/mol. The maximum Gasteiger partial charge on any atom is 0.244 e. The molecule has 1 N–H and O–H groups in total. The second-order valence-corrected chi connectivity index (χ2v) is 4.55. The molecule has 90 valence electrons. The number of aliphatic hydroxyl groups excluding tert-OH is 1. The van der Waals surface area contributed by atoms with Gasteiger partial charge in [0.25, 0.3) is 0 Å². The Morgan fingerprint density at radius 1 is 1.50 bits per heavy atom. The SMILES string of the molecule is CC(C)N1CCCCC1c1nc(CO)no1. The van der Waals surface area contributed by atoms with E-state index in [2.05, 4.69) is 28.9 Å². The smallest absolute Gasteiger partial charge is 0.244 e. The van der Waals surface area contributed by atoms with Gasteiger partial charge >= 0.3 is 0 Å². The van der Waals surface area contributed by atoms with E-state index in [1.165, 1.54) is 12.8 Å². The fraction of sp³-hybridized carbons (Fsp3) is 0.818. The summed E-state index contributed by atoms with van der Waals surface area (Å²) in [4.78, 5) is 6.60. The first-order valence-electron chi connectivity index (χ1n) is 5.91. The van der Waals surface area contributed by atoms with Crippen molar-refractivity contribution in [3.8, 4) is 0 Å². The summed E-state index contributed by atoms with van der Waals surface area (Å²) >= 11 is 0. The van der Waals surface area contributed by atoms with E-state index in [4.69, 9.17) is 9.63 Å². The summed E-state index contributed by atoms with van der Waals surface area (Å²) in [6.45, 7) is 5.29. The number of hydrogen-bond donors (Lipinski definition) is 1. The van der Waals surface area contributed by atoms with Crippen molar-refractivity contribution in [2.24, 2.45) is 0 Å². The predicted octanol–water partition coefficient (Wildman–Crippen LogP) is 1.50. The monoisotopic (exact) mass is 225 g/mol. The Morgan fingerprint density at radius 2 is 2.31 bits per heavy atom. The third kappa shape index (κ3) is 2.25. The molecule has 1 aromatic rings.